The van der Waals surface area contributed by atoms with Crippen LogP contribution in [0.15, 0.2) is 17.8 Å². The fourth-order valence-electron chi connectivity index (χ4n) is 3.62. The second-order valence-electron chi connectivity index (χ2n) is 6.29. The summed E-state index contributed by atoms with van der Waals surface area (Å²) >= 11 is 0. The fraction of sp³-hybridized carbons (Fsp3) is 0.278. The predicted molar refractivity (Wildman–Crippen MR) is 97.1 cm³/mol. The van der Waals surface area contributed by atoms with Crippen LogP contribution in [0.4, 0.5) is 0 Å². The van der Waals surface area contributed by atoms with E-state index in [-0.39, 0.29) is 0 Å². The number of pyridine rings is 1. The molecule has 0 fully saturated rings. The molecule has 24 heavy (non-hydrogen) atoms. The SMILES string of the molecule is CC(N)=C(C=N)c1nc2ccc3n[nH]c(C)c3c2c2c1CNCC2. The predicted octanol–water partition coefficient (Wildman–Crippen LogP) is 2.40. The summed E-state index contributed by atoms with van der Waals surface area (Å²) in [5.74, 6) is 0. The summed E-state index contributed by atoms with van der Waals surface area (Å²) in [6.07, 6.45) is 2.24. The van der Waals surface area contributed by atoms with Crippen LogP contribution in [0.2, 0.25) is 0 Å². The minimum atomic E-state index is 0.616. The monoisotopic (exact) mass is 320 g/mol. The number of fused-ring (bicyclic) bond motifs is 5. The molecule has 0 saturated heterocycles. The molecule has 3 aromatic rings. The number of benzene rings is 1. The van der Waals surface area contributed by atoms with Crippen LogP contribution >= 0.6 is 0 Å². The largest absolute Gasteiger partial charge is 0.402 e. The van der Waals surface area contributed by atoms with Gasteiger partial charge in [0.25, 0.3) is 0 Å². The average molecular weight is 320 g/mol. The van der Waals surface area contributed by atoms with Crippen LogP contribution in [-0.2, 0) is 13.0 Å². The Bertz CT molecular complexity index is 1010. The summed E-state index contributed by atoms with van der Waals surface area (Å²) < 4.78 is 0. The summed E-state index contributed by atoms with van der Waals surface area (Å²) in [5.41, 5.74) is 13.5. The van der Waals surface area contributed by atoms with Gasteiger partial charge in [0.1, 0.15) is 0 Å². The summed E-state index contributed by atoms with van der Waals surface area (Å²) in [6.45, 7) is 5.54. The molecule has 3 heterocycles. The zero-order chi connectivity index (χ0) is 16.8. The fourth-order valence-corrected chi connectivity index (χ4v) is 3.62. The number of hydrogen-bond donors (Lipinski definition) is 4. The van der Waals surface area contributed by atoms with Gasteiger partial charge in [-0.15, -0.1) is 0 Å². The van der Waals surface area contributed by atoms with Crippen molar-refractivity contribution in [1.82, 2.24) is 20.5 Å². The standard InChI is InChI=1S/C18H20N6/c1-9(20)12(7-19)18-13-8-21-6-5-11(13)17-14(22-18)3-4-15-16(17)10(2)23-24-15/h3-4,7,19,21H,5-6,8,20H2,1-2H3,(H,23,24). The molecule has 0 amide bonds. The molecule has 0 saturated carbocycles. The molecule has 6 heteroatoms. The first-order valence-corrected chi connectivity index (χ1v) is 8.09. The van der Waals surface area contributed by atoms with Crippen LogP contribution in [0.3, 0.4) is 0 Å². The van der Waals surface area contributed by atoms with Gasteiger partial charge in [-0.25, -0.2) is 4.98 Å². The van der Waals surface area contributed by atoms with E-state index in [9.17, 15) is 0 Å². The lowest BCUT2D eigenvalue weighted by Crippen LogP contribution is -2.26. The van der Waals surface area contributed by atoms with Gasteiger partial charge in [-0.2, -0.15) is 5.10 Å². The minimum absolute atomic E-state index is 0.616. The average Bonchev–Trinajstić information content (AvgIpc) is 2.96. The van der Waals surface area contributed by atoms with E-state index in [1.54, 1.807) is 0 Å². The summed E-state index contributed by atoms with van der Waals surface area (Å²) in [4.78, 5) is 4.88. The van der Waals surface area contributed by atoms with Crippen molar-refractivity contribution < 1.29 is 0 Å². The lowest BCUT2D eigenvalue weighted by atomic mass is 9.90. The van der Waals surface area contributed by atoms with E-state index in [4.69, 9.17) is 16.1 Å². The van der Waals surface area contributed by atoms with Gasteiger partial charge in [0.05, 0.1) is 16.7 Å². The molecule has 0 unspecified atom stereocenters. The highest BCUT2D eigenvalue weighted by Gasteiger charge is 2.22. The van der Waals surface area contributed by atoms with E-state index >= 15 is 0 Å². The third kappa shape index (κ3) is 2.03. The molecule has 4 rings (SSSR count). The Hall–Kier alpha value is -2.73. The lowest BCUT2D eigenvalue weighted by Gasteiger charge is -2.23. The molecule has 0 bridgehead atoms. The zero-order valence-electron chi connectivity index (χ0n) is 13.8. The molecule has 122 valence electrons. The van der Waals surface area contributed by atoms with Crippen molar-refractivity contribution in [2.24, 2.45) is 5.73 Å². The van der Waals surface area contributed by atoms with Gasteiger partial charge in [0.2, 0.25) is 0 Å². The van der Waals surface area contributed by atoms with Crippen LogP contribution in [0.1, 0.15) is 29.4 Å². The topological polar surface area (TPSA) is 103 Å². The highest BCUT2D eigenvalue weighted by Crippen LogP contribution is 2.35. The summed E-state index contributed by atoms with van der Waals surface area (Å²) in [7, 11) is 0. The molecule has 0 spiro atoms. The van der Waals surface area contributed by atoms with Gasteiger partial charge < -0.3 is 16.5 Å². The Labute approximate surface area is 139 Å². The van der Waals surface area contributed by atoms with E-state index in [0.717, 1.165) is 52.9 Å². The maximum absolute atomic E-state index is 7.76. The summed E-state index contributed by atoms with van der Waals surface area (Å²) in [6, 6.07) is 4.01. The Balaban J connectivity index is 2.19. The highest BCUT2D eigenvalue weighted by atomic mass is 15.1. The van der Waals surface area contributed by atoms with E-state index < -0.39 is 0 Å². The normalized spacial score (nSPS) is 15.4. The number of hydrogen-bond acceptors (Lipinski definition) is 5. The Kier molecular flexibility index (Phi) is 3.35. The van der Waals surface area contributed by atoms with Crippen molar-refractivity contribution in [2.75, 3.05) is 6.54 Å². The Morgan fingerprint density at radius 3 is 2.79 bits per heavy atom. The second kappa shape index (κ2) is 5.42. The molecule has 6 nitrogen and oxygen atoms in total. The lowest BCUT2D eigenvalue weighted by molar-refractivity contribution is 0.644. The first-order valence-electron chi connectivity index (χ1n) is 8.09. The first-order chi connectivity index (χ1) is 11.6. The van der Waals surface area contributed by atoms with Crippen molar-refractivity contribution in [3.8, 4) is 0 Å². The minimum Gasteiger partial charge on any atom is -0.402 e. The molecule has 1 aliphatic rings. The van der Waals surface area contributed by atoms with Crippen molar-refractivity contribution >= 4 is 33.6 Å². The Morgan fingerprint density at radius 1 is 1.25 bits per heavy atom. The number of aromatic nitrogens is 3. The number of aromatic amines is 1. The molecule has 1 aliphatic heterocycles. The number of nitrogens with zero attached hydrogens (tertiary/aromatic N) is 2. The molecule has 0 atom stereocenters. The third-order valence-corrected chi connectivity index (χ3v) is 4.74. The maximum atomic E-state index is 7.76. The van der Waals surface area contributed by atoms with E-state index in [1.807, 2.05) is 26.0 Å². The number of rotatable bonds is 2. The van der Waals surface area contributed by atoms with Crippen LogP contribution in [0.5, 0.6) is 0 Å². The molecule has 0 radical (unpaired) electrons. The van der Waals surface area contributed by atoms with Crippen molar-refractivity contribution in [1.29, 1.82) is 5.41 Å². The molecule has 2 aromatic heterocycles. The van der Waals surface area contributed by atoms with Gasteiger partial charge >= 0.3 is 0 Å². The van der Waals surface area contributed by atoms with Gasteiger partial charge in [0, 0.05) is 40.5 Å². The second-order valence-corrected chi connectivity index (χ2v) is 6.29. The molecule has 1 aromatic carbocycles. The van der Waals surface area contributed by atoms with Crippen molar-refractivity contribution in [2.45, 2.75) is 26.8 Å². The number of nitrogens with two attached hydrogens (primary N) is 1. The summed E-state index contributed by atoms with van der Waals surface area (Å²) in [5, 5.41) is 21.0. The highest BCUT2D eigenvalue weighted by molar-refractivity contribution is 6.13. The van der Waals surface area contributed by atoms with E-state index in [0.29, 0.717) is 11.3 Å². The molecule has 5 N–H and O–H groups in total. The van der Waals surface area contributed by atoms with Crippen LogP contribution in [0, 0.1) is 12.3 Å². The quantitative estimate of drug-likeness (QED) is 0.544. The van der Waals surface area contributed by atoms with Gasteiger partial charge in [0.15, 0.2) is 0 Å². The smallest absolute Gasteiger partial charge is 0.0931 e. The van der Waals surface area contributed by atoms with Crippen molar-refractivity contribution in [3.63, 3.8) is 0 Å². The first kappa shape index (κ1) is 14.8. The maximum Gasteiger partial charge on any atom is 0.0931 e. The van der Waals surface area contributed by atoms with Crippen LogP contribution in [0.25, 0.3) is 27.4 Å². The Morgan fingerprint density at radius 2 is 2.04 bits per heavy atom. The third-order valence-electron chi connectivity index (χ3n) is 4.74. The van der Waals surface area contributed by atoms with E-state index in [2.05, 4.69) is 15.5 Å². The van der Waals surface area contributed by atoms with Gasteiger partial charge in [-0.05, 0) is 50.1 Å². The van der Waals surface area contributed by atoms with E-state index in [1.165, 1.54) is 17.2 Å². The van der Waals surface area contributed by atoms with Crippen LogP contribution < -0.4 is 11.1 Å². The molecular weight excluding hydrogens is 300 g/mol. The zero-order valence-corrected chi connectivity index (χ0v) is 13.8. The number of aryl methyl sites for hydroxylation is 1. The molecule has 0 aliphatic carbocycles. The van der Waals surface area contributed by atoms with Crippen molar-refractivity contribution in [3.05, 3.63) is 40.3 Å². The van der Waals surface area contributed by atoms with Crippen LogP contribution in [-0.4, -0.2) is 27.9 Å². The number of H-pyrrole nitrogens is 1. The van der Waals surface area contributed by atoms with Gasteiger partial charge in [-0.1, -0.05) is 0 Å². The van der Waals surface area contributed by atoms with Gasteiger partial charge in [-0.3, -0.25) is 5.10 Å². The molecular formula is C18H20N6. The number of nitrogens with one attached hydrogen (secondary N) is 3. The number of allylic oxidation sites excluding steroid dienone is 2.